The third kappa shape index (κ3) is 3.58. The molecule has 2 saturated heterocycles. The number of hydrogen-bond donors (Lipinski definition) is 1. The van der Waals surface area contributed by atoms with Crippen LogP contribution in [0, 0.1) is 0 Å². The second-order valence-electron chi connectivity index (χ2n) is 6.30. The Bertz CT molecular complexity index is 452. The van der Waals surface area contributed by atoms with E-state index in [0.29, 0.717) is 19.4 Å². The Morgan fingerprint density at radius 3 is 2.68 bits per heavy atom. The summed E-state index contributed by atoms with van der Waals surface area (Å²) in [6.07, 6.45) is 3.94. The van der Waals surface area contributed by atoms with Gasteiger partial charge in [-0.1, -0.05) is 0 Å². The molecule has 2 atom stereocenters. The summed E-state index contributed by atoms with van der Waals surface area (Å²) in [5, 5.41) is 0. The molecule has 124 valence electrons. The van der Waals surface area contributed by atoms with E-state index in [4.69, 9.17) is 5.73 Å². The molecular weight excluding hydrogens is 284 g/mol. The van der Waals surface area contributed by atoms with Crippen LogP contribution >= 0.6 is 0 Å². The minimum absolute atomic E-state index is 0.0281. The van der Waals surface area contributed by atoms with Gasteiger partial charge in [-0.05, 0) is 32.6 Å². The van der Waals surface area contributed by atoms with Gasteiger partial charge in [0, 0.05) is 38.6 Å². The van der Waals surface area contributed by atoms with Crippen LogP contribution in [0.1, 0.15) is 39.0 Å². The first-order chi connectivity index (χ1) is 10.4. The first-order valence-electron chi connectivity index (χ1n) is 8.02. The SMILES string of the molecule is CC(N)C1CCCCN1C(=O)CCCN1C(=O)CN(C)C1=O. The zero-order chi connectivity index (χ0) is 16.3. The summed E-state index contributed by atoms with van der Waals surface area (Å²) >= 11 is 0. The lowest BCUT2D eigenvalue weighted by Gasteiger charge is -2.38. The van der Waals surface area contributed by atoms with Gasteiger partial charge in [-0.2, -0.15) is 0 Å². The minimum atomic E-state index is -0.274. The lowest BCUT2D eigenvalue weighted by molar-refractivity contribution is -0.136. The fraction of sp³-hybridized carbons (Fsp3) is 0.800. The van der Waals surface area contributed by atoms with Gasteiger partial charge < -0.3 is 15.5 Å². The molecule has 0 aromatic heterocycles. The number of likely N-dealkylation sites (N-methyl/N-ethyl adjacent to an activating group) is 1. The second-order valence-corrected chi connectivity index (χ2v) is 6.30. The standard InChI is InChI=1S/C15H26N4O3/c1-11(16)12-6-3-4-8-18(12)13(20)7-5-9-19-14(21)10-17(2)15(19)22/h11-12H,3-10,16H2,1-2H3. The van der Waals surface area contributed by atoms with Crippen LogP contribution in [0.15, 0.2) is 0 Å². The Hall–Kier alpha value is -1.63. The highest BCUT2D eigenvalue weighted by atomic mass is 16.2. The van der Waals surface area contributed by atoms with Gasteiger partial charge >= 0.3 is 6.03 Å². The largest absolute Gasteiger partial charge is 0.338 e. The third-order valence-corrected chi connectivity index (χ3v) is 4.48. The number of nitrogens with zero attached hydrogens (tertiary/aromatic N) is 3. The highest BCUT2D eigenvalue weighted by Gasteiger charge is 2.33. The van der Waals surface area contributed by atoms with Crippen molar-refractivity contribution in [3.8, 4) is 0 Å². The molecule has 0 aromatic rings. The maximum atomic E-state index is 12.4. The van der Waals surface area contributed by atoms with E-state index in [9.17, 15) is 14.4 Å². The molecule has 0 aliphatic carbocycles. The van der Waals surface area contributed by atoms with E-state index in [0.717, 1.165) is 25.8 Å². The summed E-state index contributed by atoms with van der Waals surface area (Å²) in [5.41, 5.74) is 5.98. The van der Waals surface area contributed by atoms with Gasteiger partial charge in [0.25, 0.3) is 0 Å². The van der Waals surface area contributed by atoms with E-state index in [1.165, 1.54) is 9.80 Å². The molecule has 7 nitrogen and oxygen atoms in total. The Balaban J connectivity index is 1.82. The maximum Gasteiger partial charge on any atom is 0.326 e. The van der Waals surface area contributed by atoms with Crippen molar-refractivity contribution < 1.29 is 14.4 Å². The average molecular weight is 310 g/mol. The Morgan fingerprint density at radius 1 is 1.36 bits per heavy atom. The van der Waals surface area contributed by atoms with Crippen LogP contribution in [0.2, 0.25) is 0 Å². The molecule has 2 rings (SSSR count). The molecule has 0 saturated carbocycles. The molecule has 2 fully saturated rings. The predicted octanol–water partition coefficient (Wildman–Crippen LogP) is 0.389. The van der Waals surface area contributed by atoms with Crippen molar-refractivity contribution in [3.63, 3.8) is 0 Å². The number of carbonyl (C=O) groups excluding carboxylic acids is 3. The third-order valence-electron chi connectivity index (χ3n) is 4.48. The van der Waals surface area contributed by atoms with E-state index < -0.39 is 0 Å². The van der Waals surface area contributed by atoms with Gasteiger partial charge in [-0.3, -0.25) is 14.5 Å². The van der Waals surface area contributed by atoms with Crippen molar-refractivity contribution in [2.75, 3.05) is 26.7 Å². The van der Waals surface area contributed by atoms with Crippen LogP contribution in [-0.4, -0.2) is 71.3 Å². The van der Waals surface area contributed by atoms with E-state index in [2.05, 4.69) is 0 Å². The van der Waals surface area contributed by atoms with Gasteiger partial charge in [-0.15, -0.1) is 0 Å². The normalized spacial score (nSPS) is 24.1. The number of rotatable bonds is 5. The highest BCUT2D eigenvalue weighted by molar-refractivity contribution is 6.01. The van der Waals surface area contributed by atoms with Crippen LogP contribution in [0.25, 0.3) is 0 Å². The number of nitrogens with two attached hydrogens (primary N) is 1. The van der Waals surface area contributed by atoms with Gasteiger partial charge in [0.2, 0.25) is 11.8 Å². The molecule has 0 bridgehead atoms. The molecule has 22 heavy (non-hydrogen) atoms. The molecule has 2 N–H and O–H groups in total. The van der Waals surface area contributed by atoms with Crippen LogP contribution in [0.3, 0.4) is 0 Å². The Morgan fingerprint density at radius 2 is 2.09 bits per heavy atom. The topological polar surface area (TPSA) is 86.9 Å². The number of urea groups is 1. The fourth-order valence-electron chi connectivity index (χ4n) is 3.23. The van der Waals surface area contributed by atoms with Crippen LogP contribution in [0.4, 0.5) is 4.79 Å². The Kier molecular flexibility index (Phi) is 5.39. The van der Waals surface area contributed by atoms with Crippen LogP contribution in [-0.2, 0) is 9.59 Å². The first-order valence-corrected chi connectivity index (χ1v) is 8.02. The van der Waals surface area contributed by atoms with E-state index in [1.807, 2.05) is 11.8 Å². The monoisotopic (exact) mass is 310 g/mol. The van der Waals surface area contributed by atoms with Crippen molar-refractivity contribution in [2.24, 2.45) is 5.73 Å². The first kappa shape index (κ1) is 16.7. The molecule has 2 unspecified atom stereocenters. The number of amides is 4. The van der Waals surface area contributed by atoms with Crippen molar-refractivity contribution >= 4 is 17.8 Å². The summed E-state index contributed by atoms with van der Waals surface area (Å²) in [6.45, 7) is 3.14. The molecule has 2 aliphatic heterocycles. The summed E-state index contributed by atoms with van der Waals surface area (Å²) < 4.78 is 0. The van der Waals surface area contributed by atoms with Gasteiger partial charge in [-0.25, -0.2) is 4.79 Å². The minimum Gasteiger partial charge on any atom is -0.338 e. The zero-order valence-electron chi connectivity index (χ0n) is 13.5. The molecule has 2 aliphatic rings. The molecular formula is C15H26N4O3. The summed E-state index contributed by atoms with van der Waals surface area (Å²) in [4.78, 5) is 40.3. The number of carbonyl (C=O) groups is 3. The molecule has 0 aromatic carbocycles. The van der Waals surface area contributed by atoms with E-state index in [-0.39, 0.29) is 36.5 Å². The van der Waals surface area contributed by atoms with Crippen molar-refractivity contribution in [2.45, 2.75) is 51.1 Å². The summed E-state index contributed by atoms with van der Waals surface area (Å²) in [7, 11) is 1.60. The fourth-order valence-corrected chi connectivity index (χ4v) is 3.23. The quantitative estimate of drug-likeness (QED) is 0.744. The van der Waals surface area contributed by atoms with E-state index >= 15 is 0 Å². The van der Waals surface area contributed by atoms with Crippen LogP contribution < -0.4 is 5.73 Å². The molecule has 2 heterocycles. The van der Waals surface area contributed by atoms with Crippen molar-refractivity contribution in [1.29, 1.82) is 0 Å². The lowest BCUT2D eigenvalue weighted by Crippen LogP contribution is -2.51. The average Bonchev–Trinajstić information content (AvgIpc) is 2.73. The number of likely N-dealkylation sites (tertiary alicyclic amines) is 1. The van der Waals surface area contributed by atoms with E-state index in [1.54, 1.807) is 7.05 Å². The predicted molar refractivity (Wildman–Crippen MR) is 82.0 cm³/mol. The highest BCUT2D eigenvalue weighted by Crippen LogP contribution is 2.20. The maximum absolute atomic E-state index is 12.4. The van der Waals surface area contributed by atoms with Gasteiger partial charge in [0.15, 0.2) is 0 Å². The number of piperidine rings is 1. The zero-order valence-corrected chi connectivity index (χ0v) is 13.5. The molecule has 0 radical (unpaired) electrons. The van der Waals surface area contributed by atoms with Crippen molar-refractivity contribution in [3.05, 3.63) is 0 Å². The summed E-state index contributed by atoms with van der Waals surface area (Å²) in [5.74, 6) is -0.110. The number of imide groups is 1. The molecule has 7 heteroatoms. The van der Waals surface area contributed by atoms with Crippen molar-refractivity contribution in [1.82, 2.24) is 14.7 Å². The van der Waals surface area contributed by atoms with Gasteiger partial charge in [0.05, 0.1) is 0 Å². The lowest BCUT2D eigenvalue weighted by atomic mass is 9.96. The number of hydrogen-bond acceptors (Lipinski definition) is 4. The molecule has 0 spiro atoms. The second kappa shape index (κ2) is 7.09. The Labute approximate surface area is 131 Å². The smallest absolute Gasteiger partial charge is 0.326 e. The molecule has 4 amide bonds. The van der Waals surface area contributed by atoms with Crippen LogP contribution in [0.5, 0.6) is 0 Å². The summed E-state index contributed by atoms with van der Waals surface area (Å²) in [6, 6.07) is -0.189. The van der Waals surface area contributed by atoms with Gasteiger partial charge in [0.1, 0.15) is 6.54 Å².